The Hall–Kier alpha value is -2.29. The number of hydrogen-bond acceptors (Lipinski definition) is 5. The molecule has 5 atom stereocenters. The number of nitrogens with zero attached hydrogens (tertiary/aromatic N) is 2. The van der Waals surface area contributed by atoms with Crippen molar-refractivity contribution >= 4 is 21.6 Å². The smallest absolute Gasteiger partial charge is 0.274 e. The third kappa shape index (κ3) is 2.67. The molecule has 2 aromatic rings. The molecular weight excluding hydrogens is 378 g/mol. The maximum Gasteiger partial charge on any atom is 0.274 e. The summed E-state index contributed by atoms with van der Waals surface area (Å²) in [5.41, 5.74) is 0.786. The fourth-order valence-corrected chi connectivity index (χ4v) is 6.91. The number of aliphatic hydroxyl groups is 1. The van der Waals surface area contributed by atoms with Gasteiger partial charge in [-0.3, -0.25) is 9.78 Å². The largest absolute Gasteiger partial charge is 0.391 e. The maximum atomic E-state index is 13.2. The van der Waals surface area contributed by atoms with E-state index in [1.165, 1.54) is 22.6 Å². The summed E-state index contributed by atoms with van der Waals surface area (Å²) in [5, 5.41) is 13.2. The molecule has 7 nitrogen and oxygen atoms in total. The van der Waals surface area contributed by atoms with E-state index in [1.54, 1.807) is 30.3 Å². The van der Waals surface area contributed by atoms with Crippen molar-refractivity contribution in [3.8, 4) is 0 Å². The summed E-state index contributed by atoms with van der Waals surface area (Å²) in [4.78, 5) is 16.4. The van der Waals surface area contributed by atoms with Gasteiger partial charge in [0, 0.05) is 18.4 Å². The number of hydrogen-bond donors (Lipinski definition) is 2. The second-order valence-corrected chi connectivity index (χ2v) is 9.80. The van der Waals surface area contributed by atoms with Gasteiger partial charge in [0.2, 0.25) is 10.0 Å². The number of benzene rings is 1. The first kappa shape index (κ1) is 17.8. The maximum absolute atomic E-state index is 13.2. The van der Waals surface area contributed by atoms with Crippen molar-refractivity contribution in [3.63, 3.8) is 0 Å². The van der Waals surface area contributed by atoms with Gasteiger partial charge in [-0.1, -0.05) is 6.07 Å². The standard InChI is InChI=1S/C20H21N3O4S/c24-19-12-9-13-11-23(18(19)16(13)10-12)28(26,27)15-6-4-14(5-7-15)22-20(25)17-3-1-2-8-21-17/h1-8,12-13,16,18-19,24H,9-11H2,(H,22,25). The number of amides is 1. The van der Waals surface area contributed by atoms with Crippen molar-refractivity contribution in [1.29, 1.82) is 0 Å². The molecule has 1 aliphatic heterocycles. The number of carbonyl (C=O) groups excluding carboxylic acids is 1. The first-order chi connectivity index (χ1) is 13.4. The Labute approximate surface area is 163 Å². The zero-order valence-electron chi connectivity index (χ0n) is 15.1. The highest BCUT2D eigenvalue weighted by Crippen LogP contribution is 2.56. The molecular formula is C20H21N3O4S. The van der Waals surface area contributed by atoms with Crippen LogP contribution in [0.3, 0.4) is 0 Å². The van der Waals surface area contributed by atoms with Crippen LogP contribution in [0.1, 0.15) is 23.3 Å². The van der Waals surface area contributed by atoms with Crippen molar-refractivity contribution in [2.45, 2.75) is 29.9 Å². The van der Waals surface area contributed by atoms with Gasteiger partial charge in [-0.2, -0.15) is 4.31 Å². The molecule has 1 saturated heterocycles. The van der Waals surface area contributed by atoms with E-state index in [0.717, 1.165) is 12.8 Å². The fraction of sp³-hybridized carbons (Fsp3) is 0.400. The molecule has 2 bridgehead atoms. The van der Waals surface area contributed by atoms with Gasteiger partial charge in [0.05, 0.1) is 17.0 Å². The molecule has 2 heterocycles. The molecule has 0 spiro atoms. The number of aromatic nitrogens is 1. The van der Waals surface area contributed by atoms with Crippen LogP contribution in [0.15, 0.2) is 53.6 Å². The Morgan fingerprint density at radius 3 is 2.57 bits per heavy atom. The average Bonchev–Trinajstić information content (AvgIpc) is 3.32. The van der Waals surface area contributed by atoms with Crippen molar-refractivity contribution in [2.24, 2.45) is 17.8 Å². The van der Waals surface area contributed by atoms with Crippen molar-refractivity contribution in [2.75, 3.05) is 11.9 Å². The zero-order chi connectivity index (χ0) is 19.5. The Kier molecular flexibility index (Phi) is 4.04. The molecule has 1 amide bonds. The minimum atomic E-state index is -3.68. The molecule has 8 heteroatoms. The molecule has 3 fully saturated rings. The summed E-state index contributed by atoms with van der Waals surface area (Å²) in [5.74, 6) is 0.536. The minimum Gasteiger partial charge on any atom is -0.391 e. The lowest BCUT2D eigenvalue weighted by molar-refractivity contribution is 0.0731. The van der Waals surface area contributed by atoms with Crippen LogP contribution in [0.5, 0.6) is 0 Å². The number of fused-ring (bicyclic) bond motifs is 1. The van der Waals surface area contributed by atoms with Gasteiger partial charge in [0.25, 0.3) is 5.91 Å². The summed E-state index contributed by atoms with van der Waals surface area (Å²) in [7, 11) is -3.68. The molecule has 146 valence electrons. The van der Waals surface area contributed by atoms with Crippen LogP contribution >= 0.6 is 0 Å². The predicted octanol–water partition coefficient (Wildman–Crippen LogP) is 1.72. The summed E-state index contributed by atoms with van der Waals surface area (Å²) >= 11 is 0. The van der Waals surface area contributed by atoms with Crippen LogP contribution < -0.4 is 5.32 Å². The lowest BCUT2D eigenvalue weighted by atomic mass is 9.88. The predicted molar refractivity (Wildman–Crippen MR) is 102 cm³/mol. The highest BCUT2D eigenvalue weighted by molar-refractivity contribution is 7.89. The van der Waals surface area contributed by atoms with Gasteiger partial charge in [-0.15, -0.1) is 0 Å². The van der Waals surface area contributed by atoms with Gasteiger partial charge < -0.3 is 10.4 Å². The van der Waals surface area contributed by atoms with Crippen LogP contribution in [-0.2, 0) is 10.0 Å². The molecule has 5 rings (SSSR count). The first-order valence-corrected chi connectivity index (χ1v) is 10.9. The Morgan fingerprint density at radius 1 is 1.11 bits per heavy atom. The molecule has 5 unspecified atom stereocenters. The molecule has 3 aliphatic rings. The van der Waals surface area contributed by atoms with E-state index in [1.807, 2.05) is 0 Å². The average molecular weight is 399 g/mol. The third-order valence-corrected chi connectivity index (χ3v) is 8.30. The number of sulfonamides is 1. The van der Waals surface area contributed by atoms with Crippen LogP contribution in [0.2, 0.25) is 0 Å². The number of carbonyl (C=O) groups is 1. The van der Waals surface area contributed by atoms with E-state index in [-0.39, 0.29) is 34.4 Å². The van der Waals surface area contributed by atoms with E-state index in [2.05, 4.69) is 10.3 Å². The zero-order valence-corrected chi connectivity index (χ0v) is 15.9. The molecule has 28 heavy (non-hydrogen) atoms. The third-order valence-electron chi connectivity index (χ3n) is 6.42. The molecule has 1 aromatic heterocycles. The second kappa shape index (κ2) is 6.37. The Balaban J connectivity index is 1.35. The van der Waals surface area contributed by atoms with Crippen molar-refractivity contribution in [1.82, 2.24) is 9.29 Å². The van der Waals surface area contributed by atoms with Crippen molar-refractivity contribution in [3.05, 3.63) is 54.4 Å². The van der Waals surface area contributed by atoms with Crippen LogP contribution in [-0.4, -0.2) is 47.4 Å². The highest BCUT2D eigenvalue weighted by Gasteiger charge is 2.61. The fourth-order valence-electron chi connectivity index (χ4n) is 5.17. The van der Waals surface area contributed by atoms with Crippen LogP contribution in [0.25, 0.3) is 0 Å². The summed E-state index contributed by atoms with van der Waals surface area (Å²) in [6.45, 7) is 0.489. The van der Waals surface area contributed by atoms with Crippen molar-refractivity contribution < 1.29 is 18.3 Å². The van der Waals surface area contributed by atoms with Gasteiger partial charge in [-0.25, -0.2) is 8.42 Å². The molecule has 2 N–H and O–H groups in total. The summed E-state index contributed by atoms with van der Waals surface area (Å²) in [6, 6.07) is 10.9. The number of anilines is 1. The van der Waals surface area contributed by atoms with E-state index in [4.69, 9.17) is 0 Å². The second-order valence-electron chi connectivity index (χ2n) is 7.90. The normalized spacial score (nSPS) is 31.2. The van der Waals surface area contributed by atoms with E-state index in [9.17, 15) is 18.3 Å². The van der Waals surface area contributed by atoms with Gasteiger partial charge in [0.15, 0.2) is 0 Å². The SMILES string of the molecule is O=C(Nc1ccc(S(=O)(=O)N2CC3CC4CC3C2C4O)cc1)c1ccccn1. The highest BCUT2D eigenvalue weighted by atomic mass is 32.2. The number of nitrogens with one attached hydrogen (secondary N) is 1. The first-order valence-electron chi connectivity index (χ1n) is 9.47. The number of pyridine rings is 1. The van der Waals surface area contributed by atoms with Gasteiger partial charge in [-0.05, 0) is 67.0 Å². The Bertz CT molecular complexity index is 1010. The number of aliphatic hydroxyl groups excluding tert-OH is 1. The van der Waals surface area contributed by atoms with E-state index >= 15 is 0 Å². The molecule has 2 saturated carbocycles. The number of rotatable bonds is 4. The molecule has 0 radical (unpaired) electrons. The lowest BCUT2D eigenvalue weighted by Crippen LogP contribution is -2.43. The van der Waals surface area contributed by atoms with E-state index in [0.29, 0.717) is 18.2 Å². The summed E-state index contributed by atoms with van der Waals surface area (Å²) < 4.78 is 27.8. The monoisotopic (exact) mass is 399 g/mol. The van der Waals surface area contributed by atoms with Crippen LogP contribution in [0.4, 0.5) is 5.69 Å². The van der Waals surface area contributed by atoms with E-state index < -0.39 is 16.1 Å². The molecule has 1 aromatic carbocycles. The van der Waals surface area contributed by atoms with Crippen LogP contribution in [0, 0.1) is 17.8 Å². The Morgan fingerprint density at radius 2 is 1.89 bits per heavy atom. The molecule has 2 aliphatic carbocycles. The topological polar surface area (TPSA) is 99.6 Å². The minimum absolute atomic E-state index is 0.181. The van der Waals surface area contributed by atoms with Gasteiger partial charge >= 0.3 is 0 Å². The lowest BCUT2D eigenvalue weighted by Gasteiger charge is -2.28. The van der Waals surface area contributed by atoms with Gasteiger partial charge in [0.1, 0.15) is 5.69 Å². The quantitative estimate of drug-likeness (QED) is 0.816. The summed E-state index contributed by atoms with van der Waals surface area (Å²) in [6.07, 6.45) is 2.83.